The van der Waals surface area contributed by atoms with Crippen molar-refractivity contribution in [3.63, 3.8) is 0 Å². The van der Waals surface area contributed by atoms with E-state index in [0.717, 1.165) is 6.26 Å². The zero-order chi connectivity index (χ0) is 8.27. The van der Waals surface area contributed by atoms with Crippen LogP contribution in [0.3, 0.4) is 0 Å². The maximum atomic E-state index is 10.8. The lowest BCUT2D eigenvalue weighted by atomic mass is 10.2. The summed E-state index contributed by atoms with van der Waals surface area (Å²) in [5, 5.41) is 8.78. The number of esters is 1. The highest BCUT2D eigenvalue weighted by atomic mass is 16.6. The van der Waals surface area contributed by atoms with E-state index in [9.17, 15) is 4.79 Å². The van der Waals surface area contributed by atoms with E-state index in [0.29, 0.717) is 0 Å². The fraction of sp³-hybridized carbons (Fsp3) is 0.286. The van der Waals surface area contributed by atoms with E-state index in [1.165, 1.54) is 19.3 Å². The zero-order valence-corrected chi connectivity index (χ0v) is 5.98. The Kier molecular flexibility index (Phi) is 2.28. The molecule has 60 valence electrons. The van der Waals surface area contributed by atoms with Gasteiger partial charge in [-0.3, -0.25) is 0 Å². The molecule has 0 radical (unpaired) electrons. The molecule has 0 spiro atoms. The minimum atomic E-state index is -0.955. The van der Waals surface area contributed by atoms with Crippen molar-refractivity contribution in [2.45, 2.75) is 6.29 Å². The molecule has 0 amide bonds. The maximum absolute atomic E-state index is 10.8. The number of aliphatic hydroxyl groups excluding tert-OH is 1. The van der Waals surface area contributed by atoms with Gasteiger partial charge in [0.25, 0.3) is 0 Å². The first kappa shape index (κ1) is 7.81. The maximum Gasteiger partial charge on any atom is 0.340 e. The molecule has 0 aliphatic carbocycles. The number of rotatable bonds is 1. The van der Waals surface area contributed by atoms with Gasteiger partial charge in [-0.15, -0.1) is 0 Å². The number of aliphatic hydroxyl groups is 1. The Labute approximate surface area is 63.7 Å². The van der Waals surface area contributed by atoms with Gasteiger partial charge in [0.15, 0.2) is 0 Å². The molecule has 1 heterocycles. The summed E-state index contributed by atoms with van der Waals surface area (Å²) in [5.41, 5.74) is 0.290. The average Bonchev–Trinajstić information content (AvgIpc) is 2.05. The van der Waals surface area contributed by atoms with Crippen molar-refractivity contribution in [2.75, 3.05) is 7.11 Å². The second-order valence-electron chi connectivity index (χ2n) is 1.95. The SMILES string of the molecule is COC(=O)C1=CO[C@H](O)C=C1. The normalized spacial score (nSPS) is 22.0. The number of methoxy groups -OCH3 is 1. The number of hydrogen-bond donors (Lipinski definition) is 1. The molecule has 1 rings (SSSR count). The first-order chi connectivity index (χ1) is 5.24. The Morgan fingerprint density at radius 1 is 1.82 bits per heavy atom. The van der Waals surface area contributed by atoms with Gasteiger partial charge in [-0.05, 0) is 12.2 Å². The minimum Gasteiger partial charge on any atom is -0.468 e. The highest BCUT2D eigenvalue weighted by molar-refractivity contribution is 5.91. The Bertz CT molecular complexity index is 216. The molecule has 4 heteroatoms. The molecule has 0 aromatic rings. The monoisotopic (exact) mass is 156 g/mol. The van der Waals surface area contributed by atoms with Crippen LogP contribution < -0.4 is 0 Å². The van der Waals surface area contributed by atoms with Crippen LogP contribution in [0, 0.1) is 0 Å². The van der Waals surface area contributed by atoms with Crippen LogP contribution in [-0.4, -0.2) is 24.5 Å². The summed E-state index contributed by atoms with van der Waals surface area (Å²) in [6, 6.07) is 0. The van der Waals surface area contributed by atoms with Gasteiger partial charge >= 0.3 is 5.97 Å². The summed E-state index contributed by atoms with van der Waals surface area (Å²) in [6.07, 6.45) is 3.01. The van der Waals surface area contributed by atoms with E-state index in [-0.39, 0.29) is 5.57 Å². The molecular formula is C7H8O4. The van der Waals surface area contributed by atoms with Crippen LogP contribution in [0.4, 0.5) is 0 Å². The number of ether oxygens (including phenoxy) is 2. The molecule has 0 saturated carbocycles. The number of carbonyl (C=O) groups excluding carboxylic acids is 1. The Morgan fingerprint density at radius 3 is 3.00 bits per heavy atom. The molecule has 0 unspecified atom stereocenters. The van der Waals surface area contributed by atoms with E-state index in [1.54, 1.807) is 0 Å². The predicted molar refractivity (Wildman–Crippen MR) is 36.3 cm³/mol. The van der Waals surface area contributed by atoms with Gasteiger partial charge in [0.2, 0.25) is 6.29 Å². The molecule has 1 atom stereocenters. The van der Waals surface area contributed by atoms with E-state index in [2.05, 4.69) is 9.47 Å². The summed E-state index contributed by atoms with van der Waals surface area (Å²) in [6.45, 7) is 0. The van der Waals surface area contributed by atoms with Gasteiger partial charge < -0.3 is 14.6 Å². The fourth-order valence-electron chi connectivity index (χ4n) is 0.648. The summed E-state index contributed by atoms with van der Waals surface area (Å²) in [4.78, 5) is 10.8. The highest BCUT2D eigenvalue weighted by Crippen LogP contribution is 2.08. The van der Waals surface area contributed by atoms with Crippen LogP contribution in [-0.2, 0) is 14.3 Å². The van der Waals surface area contributed by atoms with Crippen molar-refractivity contribution in [1.29, 1.82) is 0 Å². The van der Waals surface area contributed by atoms with Gasteiger partial charge in [0, 0.05) is 0 Å². The van der Waals surface area contributed by atoms with Crippen LogP contribution in [0.1, 0.15) is 0 Å². The van der Waals surface area contributed by atoms with E-state index >= 15 is 0 Å². The van der Waals surface area contributed by atoms with Crippen LogP contribution in [0.15, 0.2) is 24.0 Å². The Morgan fingerprint density at radius 2 is 2.55 bits per heavy atom. The standard InChI is InChI=1S/C7H8O4/c1-10-7(9)5-2-3-6(8)11-4-5/h2-4,6,8H,1H3/t6-/m0/s1. The summed E-state index contributed by atoms with van der Waals surface area (Å²) in [5.74, 6) is -0.479. The molecule has 0 saturated heterocycles. The molecule has 1 aliphatic heterocycles. The van der Waals surface area contributed by atoms with Crippen LogP contribution >= 0.6 is 0 Å². The number of carbonyl (C=O) groups is 1. The highest BCUT2D eigenvalue weighted by Gasteiger charge is 2.11. The summed E-state index contributed by atoms with van der Waals surface area (Å²) in [7, 11) is 1.28. The largest absolute Gasteiger partial charge is 0.468 e. The summed E-state index contributed by atoms with van der Waals surface area (Å²) < 4.78 is 9.02. The molecular weight excluding hydrogens is 148 g/mol. The fourth-order valence-corrected chi connectivity index (χ4v) is 0.648. The van der Waals surface area contributed by atoms with Crippen molar-refractivity contribution in [3.8, 4) is 0 Å². The third-order valence-electron chi connectivity index (χ3n) is 1.20. The van der Waals surface area contributed by atoms with Gasteiger partial charge in [-0.25, -0.2) is 4.79 Å². The van der Waals surface area contributed by atoms with Gasteiger partial charge in [0.05, 0.1) is 12.7 Å². The van der Waals surface area contributed by atoms with E-state index in [1.807, 2.05) is 0 Å². The third-order valence-corrected chi connectivity index (χ3v) is 1.20. The number of hydrogen-bond acceptors (Lipinski definition) is 4. The summed E-state index contributed by atoms with van der Waals surface area (Å²) >= 11 is 0. The van der Waals surface area contributed by atoms with Crippen LogP contribution in [0.2, 0.25) is 0 Å². The van der Waals surface area contributed by atoms with Crippen molar-refractivity contribution in [1.82, 2.24) is 0 Å². The Hall–Kier alpha value is -1.29. The lowest BCUT2D eigenvalue weighted by Gasteiger charge is -2.10. The lowest BCUT2D eigenvalue weighted by Crippen LogP contribution is -2.12. The molecule has 1 aliphatic rings. The van der Waals surface area contributed by atoms with Crippen molar-refractivity contribution in [3.05, 3.63) is 24.0 Å². The van der Waals surface area contributed by atoms with Gasteiger partial charge in [-0.1, -0.05) is 0 Å². The quantitative estimate of drug-likeness (QED) is 0.541. The van der Waals surface area contributed by atoms with Gasteiger partial charge in [-0.2, -0.15) is 0 Å². The third kappa shape index (κ3) is 1.81. The molecule has 0 aromatic heterocycles. The molecule has 1 N–H and O–H groups in total. The molecule has 4 nitrogen and oxygen atoms in total. The molecule has 0 fully saturated rings. The Balaban J connectivity index is 2.63. The predicted octanol–water partition coefficient (Wildman–Crippen LogP) is -0.0519. The van der Waals surface area contributed by atoms with Crippen molar-refractivity contribution < 1.29 is 19.4 Å². The first-order valence-corrected chi connectivity index (χ1v) is 3.04. The zero-order valence-electron chi connectivity index (χ0n) is 5.98. The molecule has 11 heavy (non-hydrogen) atoms. The molecule has 0 bridgehead atoms. The van der Waals surface area contributed by atoms with E-state index < -0.39 is 12.3 Å². The second kappa shape index (κ2) is 3.21. The van der Waals surface area contributed by atoms with Crippen molar-refractivity contribution in [2.24, 2.45) is 0 Å². The average molecular weight is 156 g/mol. The molecule has 0 aromatic carbocycles. The smallest absolute Gasteiger partial charge is 0.340 e. The van der Waals surface area contributed by atoms with Crippen molar-refractivity contribution >= 4 is 5.97 Å². The lowest BCUT2D eigenvalue weighted by molar-refractivity contribution is -0.136. The minimum absolute atomic E-state index is 0.290. The van der Waals surface area contributed by atoms with Gasteiger partial charge in [0.1, 0.15) is 6.26 Å². The second-order valence-corrected chi connectivity index (χ2v) is 1.95. The first-order valence-electron chi connectivity index (χ1n) is 3.04. The van der Waals surface area contributed by atoms with Crippen LogP contribution in [0.25, 0.3) is 0 Å². The topological polar surface area (TPSA) is 55.8 Å². The van der Waals surface area contributed by atoms with E-state index in [4.69, 9.17) is 5.11 Å². The van der Waals surface area contributed by atoms with Crippen LogP contribution in [0.5, 0.6) is 0 Å².